The van der Waals surface area contributed by atoms with Crippen LogP contribution in [0.4, 0.5) is 17.1 Å². The number of rotatable bonds is 7. The second-order valence-electron chi connectivity index (χ2n) is 14.8. The summed E-state index contributed by atoms with van der Waals surface area (Å²) >= 11 is 1.89. The van der Waals surface area contributed by atoms with Crippen LogP contribution in [0.15, 0.2) is 224 Å². The van der Waals surface area contributed by atoms with Gasteiger partial charge in [-0.3, -0.25) is 0 Å². The minimum atomic E-state index is -0.437. The highest BCUT2D eigenvalue weighted by molar-refractivity contribution is 7.26. The standard InChI is InChI=1S/C55H37NS/c1-4-17-38(18-5-1)39-31-34-43(35-32-39)56(42-21-8-3-9-22-42)52-30-15-12-25-46(52)47-26-16-27-48-49-37-41(33-36-53(49)57-54(47)48)55(40-19-6-2-7-20-40)50-28-13-10-23-44(50)45-24-11-14-29-51(45)55/h1-37H. The van der Waals surface area contributed by atoms with Gasteiger partial charge in [-0.15, -0.1) is 11.3 Å². The molecule has 0 unspecified atom stereocenters. The lowest BCUT2D eigenvalue weighted by Crippen LogP contribution is -2.28. The van der Waals surface area contributed by atoms with Crippen molar-refractivity contribution in [1.82, 2.24) is 0 Å². The van der Waals surface area contributed by atoms with E-state index in [1.165, 1.54) is 75.8 Å². The summed E-state index contributed by atoms with van der Waals surface area (Å²) in [7, 11) is 0. The number of benzene rings is 9. The van der Waals surface area contributed by atoms with Crippen LogP contribution in [0.2, 0.25) is 0 Å². The van der Waals surface area contributed by atoms with Crippen LogP contribution in [0.25, 0.3) is 53.6 Å². The van der Waals surface area contributed by atoms with Crippen molar-refractivity contribution in [2.75, 3.05) is 4.90 Å². The van der Waals surface area contributed by atoms with E-state index in [0.717, 1.165) is 17.1 Å². The van der Waals surface area contributed by atoms with Crippen molar-refractivity contribution in [3.05, 3.63) is 247 Å². The fourth-order valence-electron chi connectivity index (χ4n) is 9.29. The molecule has 0 amide bonds. The monoisotopic (exact) mass is 743 g/mol. The summed E-state index contributed by atoms with van der Waals surface area (Å²) in [6, 6.07) is 82.3. The molecule has 1 heterocycles. The van der Waals surface area contributed by atoms with Gasteiger partial charge in [0.25, 0.3) is 0 Å². The molecule has 0 radical (unpaired) electrons. The Labute approximate surface area is 337 Å². The smallest absolute Gasteiger partial charge is 0.0713 e. The SMILES string of the molecule is c1ccc(-c2ccc(N(c3ccccc3)c3ccccc3-c3cccc4c3sc3ccc(C5(c6ccccc6)c6ccccc6-c6ccccc65)cc34)cc2)cc1. The fraction of sp³-hybridized carbons (Fsp3) is 0.0182. The van der Waals surface area contributed by atoms with E-state index >= 15 is 0 Å². The second kappa shape index (κ2) is 13.6. The number of fused-ring (bicyclic) bond motifs is 6. The van der Waals surface area contributed by atoms with Crippen molar-refractivity contribution < 1.29 is 0 Å². The largest absolute Gasteiger partial charge is 0.310 e. The molecule has 0 bridgehead atoms. The van der Waals surface area contributed by atoms with Crippen molar-refractivity contribution >= 4 is 48.6 Å². The predicted molar refractivity (Wildman–Crippen MR) is 242 cm³/mol. The van der Waals surface area contributed by atoms with Gasteiger partial charge in [0.1, 0.15) is 0 Å². The molecule has 0 saturated carbocycles. The quantitative estimate of drug-likeness (QED) is 0.157. The van der Waals surface area contributed by atoms with E-state index in [1.54, 1.807) is 0 Å². The molecule has 11 rings (SSSR count). The Kier molecular flexibility index (Phi) is 7.98. The number of hydrogen-bond donors (Lipinski definition) is 0. The maximum Gasteiger partial charge on any atom is 0.0713 e. The first kappa shape index (κ1) is 33.3. The molecule has 1 nitrogen and oxygen atoms in total. The number of para-hydroxylation sites is 2. The Bertz CT molecular complexity index is 3010. The molecule has 0 fully saturated rings. The lowest BCUT2D eigenvalue weighted by atomic mass is 9.67. The first-order valence-corrected chi connectivity index (χ1v) is 20.4. The third-order valence-electron chi connectivity index (χ3n) is 11.8. The minimum absolute atomic E-state index is 0.437. The van der Waals surface area contributed by atoms with Crippen LogP contribution in [0.3, 0.4) is 0 Å². The first-order chi connectivity index (χ1) is 28.3. The van der Waals surface area contributed by atoms with Crippen LogP contribution >= 0.6 is 11.3 Å². The van der Waals surface area contributed by atoms with Crippen molar-refractivity contribution in [3.63, 3.8) is 0 Å². The van der Waals surface area contributed by atoms with Crippen LogP contribution in [-0.4, -0.2) is 0 Å². The van der Waals surface area contributed by atoms with E-state index < -0.39 is 5.41 Å². The third-order valence-corrected chi connectivity index (χ3v) is 13.0. The van der Waals surface area contributed by atoms with E-state index in [1.807, 2.05) is 11.3 Å². The van der Waals surface area contributed by atoms with E-state index in [-0.39, 0.29) is 0 Å². The van der Waals surface area contributed by atoms with Gasteiger partial charge < -0.3 is 4.90 Å². The highest BCUT2D eigenvalue weighted by Crippen LogP contribution is 2.57. The lowest BCUT2D eigenvalue weighted by molar-refractivity contribution is 0.770. The average molecular weight is 744 g/mol. The van der Waals surface area contributed by atoms with Crippen LogP contribution in [0.5, 0.6) is 0 Å². The zero-order chi connectivity index (χ0) is 37.8. The van der Waals surface area contributed by atoms with Crippen molar-refractivity contribution in [1.29, 1.82) is 0 Å². The summed E-state index contributed by atoms with van der Waals surface area (Å²) < 4.78 is 2.59. The van der Waals surface area contributed by atoms with Crippen LogP contribution < -0.4 is 4.90 Å². The fourth-order valence-corrected chi connectivity index (χ4v) is 10.5. The maximum absolute atomic E-state index is 2.49. The van der Waals surface area contributed by atoms with Crippen molar-refractivity contribution in [2.24, 2.45) is 0 Å². The predicted octanol–water partition coefficient (Wildman–Crippen LogP) is 15.2. The topological polar surface area (TPSA) is 3.24 Å². The summed E-state index contributed by atoms with van der Waals surface area (Å²) in [6.07, 6.45) is 0. The first-order valence-electron chi connectivity index (χ1n) is 19.6. The van der Waals surface area contributed by atoms with Crippen LogP contribution in [0.1, 0.15) is 22.3 Å². The normalized spacial score (nSPS) is 12.7. The third kappa shape index (κ3) is 5.29. The summed E-state index contributed by atoms with van der Waals surface area (Å²) in [5, 5.41) is 2.57. The van der Waals surface area contributed by atoms with Gasteiger partial charge in [-0.1, -0.05) is 182 Å². The van der Waals surface area contributed by atoms with Crippen LogP contribution in [-0.2, 0) is 5.41 Å². The summed E-state index contributed by atoms with van der Waals surface area (Å²) in [5.41, 5.74) is 15.7. The minimum Gasteiger partial charge on any atom is -0.310 e. The van der Waals surface area contributed by atoms with Crippen molar-refractivity contribution in [2.45, 2.75) is 5.41 Å². The highest BCUT2D eigenvalue weighted by atomic mass is 32.1. The Morgan fingerprint density at radius 2 is 0.895 bits per heavy atom. The Morgan fingerprint density at radius 1 is 0.351 bits per heavy atom. The molecule has 10 aromatic rings. The molecule has 1 aliphatic carbocycles. The zero-order valence-corrected chi connectivity index (χ0v) is 32.0. The summed E-state index contributed by atoms with van der Waals surface area (Å²) in [5.74, 6) is 0. The molecule has 1 aromatic heterocycles. The van der Waals surface area contributed by atoms with Gasteiger partial charge in [0, 0.05) is 42.7 Å². The molecule has 0 spiro atoms. The molecule has 0 saturated heterocycles. The van der Waals surface area contributed by atoms with E-state index in [4.69, 9.17) is 0 Å². The van der Waals surface area contributed by atoms with E-state index in [0.29, 0.717) is 0 Å². The second-order valence-corrected chi connectivity index (χ2v) is 15.9. The molecule has 0 N–H and O–H groups in total. The molecular formula is C55H37NS. The van der Waals surface area contributed by atoms with Crippen LogP contribution in [0, 0.1) is 0 Å². The highest BCUT2D eigenvalue weighted by Gasteiger charge is 2.46. The van der Waals surface area contributed by atoms with Gasteiger partial charge in [-0.25, -0.2) is 0 Å². The molecule has 57 heavy (non-hydrogen) atoms. The Hall–Kier alpha value is -7.00. The molecule has 268 valence electrons. The van der Waals surface area contributed by atoms with Gasteiger partial charge in [0.05, 0.1) is 11.1 Å². The Balaban J connectivity index is 1.09. The van der Waals surface area contributed by atoms with Gasteiger partial charge in [-0.05, 0) is 87.0 Å². The zero-order valence-electron chi connectivity index (χ0n) is 31.2. The summed E-state index contributed by atoms with van der Waals surface area (Å²) in [6.45, 7) is 0. The van der Waals surface area contributed by atoms with Gasteiger partial charge in [0.15, 0.2) is 0 Å². The van der Waals surface area contributed by atoms with E-state index in [2.05, 4.69) is 229 Å². The molecule has 0 atom stereocenters. The average Bonchev–Trinajstić information content (AvgIpc) is 3.82. The number of thiophene rings is 1. The van der Waals surface area contributed by atoms with Gasteiger partial charge >= 0.3 is 0 Å². The maximum atomic E-state index is 2.49. The lowest BCUT2D eigenvalue weighted by Gasteiger charge is -2.34. The molecule has 9 aromatic carbocycles. The van der Waals surface area contributed by atoms with Gasteiger partial charge in [0.2, 0.25) is 0 Å². The van der Waals surface area contributed by atoms with Gasteiger partial charge in [-0.2, -0.15) is 0 Å². The number of hydrogen-bond acceptors (Lipinski definition) is 2. The van der Waals surface area contributed by atoms with Crippen molar-refractivity contribution in [3.8, 4) is 33.4 Å². The molecular weight excluding hydrogens is 707 g/mol. The molecule has 0 aliphatic heterocycles. The molecule has 2 heteroatoms. The summed E-state index contributed by atoms with van der Waals surface area (Å²) in [4.78, 5) is 2.40. The number of anilines is 3. The van der Waals surface area contributed by atoms with E-state index in [9.17, 15) is 0 Å². The molecule has 1 aliphatic rings. The Morgan fingerprint density at radius 3 is 1.60 bits per heavy atom. The number of nitrogens with zero attached hydrogens (tertiary/aromatic N) is 1.